The van der Waals surface area contributed by atoms with E-state index in [9.17, 15) is 13.6 Å². The van der Waals surface area contributed by atoms with Gasteiger partial charge in [0.25, 0.3) is 5.91 Å². The minimum Gasteiger partial charge on any atom is -0.496 e. The number of nitrogens with zero attached hydrogens (tertiary/aromatic N) is 1. The van der Waals surface area contributed by atoms with Gasteiger partial charge in [0, 0.05) is 31.3 Å². The Kier molecular flexibility index (Phi) is 6.56. The van der Waals surface area contributed by atoms with Crippen LogP contribution in [0, 0.1) is 18.6 Å². The molecule has 1 saturated heterocycles. The third-order valence-corrected chi connectivity index (χ3v) is 4.48. The summed E-state index contributed by atoms with van der Waals surface area (Å²) in [5, 5.41) is 3.25. The molecule has 140 valence electrons. The topological polar surface area (TPSA) is 41.6 Å². The lowest BCUT2D eigenvalue weighted by atomic mass is 10.00. The van der Waals surface area contributed by atoms with Crippen LogP contribution in [0.15, 0.2) is 36.4 Å². The number of para-hydroxylation sites is 1. The molecular weight excluding hydrogens is 362 g/mol. The highest BCUT2D eigenvalue weighted by Crippen LogP contribution is 2.31. The van der Waals surface area contributed by atoms with Crippen molar-refractivity contribution >= 4 is 18.3 Å². The van der Waals surface area contributed by atoms with E-state index in [-0.39, 0.29) is 29.6 Å². The van der Waals surface area contributed by atoms with Crippen molar-refractivity contribution in [3.8, 4) is 5.75 Å². The number of carbonyl (C=O) groups is 1. The minimum absolute atomic E-state index is 0. The molecule has 1 heterocycles. The summed E-state index contributed by atoms with van der Waals surface area (Å²) in [5.74, 6) is -1.27. The summed E-state index contributed by atoms with van der Waals surface area (Å²) in [5.41, 5.74) is 0.985. The summed E-state index contributed by atoms with van der Waals surface area (Å²) in [4.78, 5) is 14.6. The molecule has 2 aromatic carbocycles. The minimum atomic E-state index is -0.842. The van der Waals surface area contributed by atoms with Crippen LogP contribution in [0.2, 0.25) is 0 Å². The van der Waals surface area contributed by atoms with Crippen LogP contribution in [0.25, 0.3) is 0 Å². The lowest BCUT2D eigenvalue weighted by Crippen LogP contribution is -2.49. The van der Waals surface area contributed by atoms with Crippen LogP contribution in [0.4, 0.5) is 8.78 Å². The van der Waals surface area contributed by atoms with Crippen molar-refractivity contribution in [1.82, 2.24) is 10.2 Å². The lowest BCUT2D eigenvalue weighted by Gasteiger charge is -2.37. The van der Waals surface area contributed by atoms with Crippen molar-refractivity contribution in [3.05, 3.63) is 64.7 Å². The molecule has 26 heavy (non-hydrogen) atoms. The van der Waals surface area contributed by atoms with Crippen LogP contribution >= 0.6 is 12.4 Å². The van der Waals surface area contributed by atoms with E-state index in [4.69, 9.17) is 4.74 Å². The maximum absolute atomic E-state index is 14.2. The number of amides is 1. The third kappa shape index (κ3) is 3.81. The summed E-state index contributed by atoms with van der Waals surface area (Å²) < 4.78 is 33.1. The highest BCUT2D eigenvalue weighted by Gasteiger charge is 2.31. The number of hydrogen-bond acceptors (Lipinski definition) is 3. The van der Waals surface area contributed by atoms with Gasteiger partial charge in [-0.25, -0.2) is 8.78 Å². The smallest absolute Gasteiger partial charge is 0.257 e. The Labute approximate surface area is 157 Å². The summed E-state index contributed by atoms with van der Waals surface area (Å²) in [6.07, 6.45) is 0. The van der Waals surface area contributed by atoms with Crippen LogP contribution < -0.4 is 10.1 Å². The second-order valence-electron chi connectivity index (χ2n) is 6.04. The number of piperazine rings is 1. The largest absolute Gasteiger partial charge is 0.496 e. The van der Waals surface area contributed by atoms with Crippen molar-refractivity contribution < 1.29 is 18.3 Å². The predicted octanol–water partition coefficient (Wildman–Crippen LogP) is 3.49. The molecule has 3 rings (SSSR count). The van der Waals surface area contributed by atoms with E-state index in [0.29, 0.717) is 25.4 Å². The van der Waals surface area contributed by atoms with Gasteiger partial charge in [0.2, 0.25) is 0 Å². The van der Waals surface area contributed by atoms with Gasteiger partial charge >= 0.3 is 0 Å². The Balaban J connectivity index is 0.00000243. The van der Waals surface area contributed by atoms with Crippen molar-refractivity contribution in [1.29, 1.82) is 0 Å². The van der Waals surface area contributed by atoms with E-state index in [1.807, 2.05) is 24.3 Å². The Morgan fingerprint density at radius 2 is 1.96 bits per heavy atom. The van der Waals surface area contributed by atoms with E-state index < -0.39 is 17.5 Å². The molecule has 0 radical (unpaired) electrons. The summed E-state index contributed by atoms with van der Waals surface area (Å²) in [7, 11) is 1.57. The first-order valence-corrected chi connectivity index (χ1v) is 8.13. The molecule has 1 N–H and O–H groups in total. The van der Waals surface area contributed by atoms with Gasteiger partial charge in [0.1, 0.15) is 17.4 Å². The highest BCUT2D eigenvalue weighted by atomic mass is 35.5. The van der Waals surface area contributed by atoms with Crippen LogP contribution in [0.5, 0.6) is 5.75 Å². The average Bonchev–Trinajstić information content (AvgIpc) is 2.64. The lowest BCUT2D eigenvalue weighted by molar-refractivity contribution is 0.0626. The van der Waals surface area contributed by atoms with Gasteiger partial charge in [0.05, 0.1) is 18.7 Å². The number of methoxy groups -OCH3 is 1. The van der Waals surface area contributed by atoms with E-state index in [1.165, 1.54) is 13.0 Å². The molecule has 0 saturated carbocycles. The van der Waals surface area contributed by atoms with Crippen molar-refractivity contribution in [2.45, 2.75) is 13.0 Å². The first-order valence-electron chi connectivity index (χ1n) is 8.13. The zero-order valence-corrected chi connectivity index (χ0v) is 15.4. The molecule has 1 aliphatic heterocycles. The average molecular weight is 383 g/mol. The number of halogens is 3. The van der Waals surface area contributed by atoms with Gasteiger partial charge in [-0.05, 0) is 24.6 Å². The molecule has 0 aromatic heterocycles. The van der Waals surface area contributed by atoms with E-state index in [0.717, 1.165) is 11.6 Å². The highest BCUT2D eigenvalue weighted by molar-refractivity contribution is 5.95. The number of nitrogens with one attached hydrogen (secondary N) is 1. The van der Waals surface area contributed by atoms with Gasteiger partial charge < -0.3 is 15.0 Å². The molecule has 1 atom stereocenters. The van der Waals surface area contributed by atoms with E-state index in [1.54, 1.807) is 12.0 Å². The maximum atomic E-state index is 14.2. The number of ether oxygens (including phenoxy) is 1. The molecule has 2 aromatic rings. The second-order valence-corrected chi connectivity index (χ2v) is 6.04. The van der Waals surface area contributed by atoms with Gasteiger partial charge in [-0.1, -0.05) is 18.2 Å². The molecule has 4 nitrogen and oxygen atoms in total. The number of benzene rings is 2. The van der Waals surface area contributed by atoms with Crippen LogP contribution in [-0.2, 0) is 0 Å². The van der Waals surface area contributed by atoms with Gasteiger partial charge in [-0.15, -0.1) is 12.4 Å². The molecule has 0 spiro atoms. The third-order valence-electron chi connectivity index (χ3n) is 4.48. The molecule has 7 heteroatoms. The number of rotatable bonds is 3. The van der Waals surface area contributed by atoms with Crippen LogP contribution in [0.1, 0.15) is 27.5 Å². The molecule has 1 amide bonds. The SMILES string of the molecule is COc1ccccc1C1CNCCN1C(=O)c1cc(C)c(F)cc1F.Cl. The standard InChI is InChI=1S/C19H20F2N2O2.ClH/c1-12-9-14(16(21)10-15(12)20)19(24)23-8-7-22-11-17(23)13-5-3-4-6-18(13)25-2;/h3-6,9-10,17,22H,7-8,11H2,1-2H3;1H. The zero-order valence-electron chi connectivity index (χ0n) is 14.6. The normalized spacial score (nSPS) is 16.8. The number of carbonyl (C=O) groups excluding carboxylic acids is 1. The fourth-order valence-electron chi connectivity index (χ4n) is 3.14. The Morgan fingerprint density at radius 3 is 2.69 bits per heavy atom. The number of aryl methyl sites for hydroxylation is 1. The molecular formula is C19H21ClF2N2O2. The number of hydrogen-bond donors (Lipinski definition) is 1. The summed E-state index contributed by atoms with van der Waals surface area (Å²) >= 11 is 0. The van der Waals surface area contributed by atoms with E-state index in [2.05, 4.69) is 5.32 Å². The van der Waals surface area contributed by atoms with E-state index >= 15 is 0 Å². The van der Waals surface area contributed by atoms with Crippen LogP contribution in [0.3, 0.4) is 0 Å². The Bertz CT molecular complexity index is 801. The predicted molar refractivity (Wildman–Crippen MR) is 98.0 cm³/mol. The maximum Gasteiger partial charge on any atom is 0.257 e. The van der Waals surface area contributed by atoms with Crippen molar-refractivity contribution in [3.63, 3.8) is 0 Å². The van der Waals surface area contributed by atoms with Gasteiger partial charge in [-0.2, -0.15) is 0 Å². The summed E-state index contributed by atoms with van der Waals surface area (Å²) in [6, 6.07) is 9.20. The van der Waals surface area contributed by atoms with Crippen LogP contribution in [-0.4, -0.2) is 37.6 Å². The first kappa shape index (κ1) is 20.1. The molecule has 1 unspecified atom stereocenters. The zero-order chi connectivity index (χ0) is 18.0. The van der Waals surface area contributed by atoms with Crippen molar-refractivity contribution in [2.75, 3.05) is 26.7 Å². The molecule has 1 aliphatic rings. The Hall–Kier alpha value is -2.18. The molecule has 0 bridgehead atoms. The van der Waals surface area contributed by atoms with Gasteiger partial charge in [0.15, 0.2) is 0 Å². The first-order chi connectivity index (χ1) is 12.0. The fourth-order valence-corrected chi connectivity index (χ4v) is 3.14. The molecule has 1 fully saturated rings. The fraction of sp³-hybridized carbons (Fsp3) is 0.316. The van der Waals surface area contributed by atoms with Gasteiger partial charge in [-0.3, -0.25) is 4.79 Å². The second kappa shape index (κ2) is 8.47. The molecule has 0 aliphatic carbocycles. The Morgan fingerprint density at radius 1 is 1.23 bits per heavy atom. The monoisotopic (exact) mass is 382 g/mol. The van der Waals surface area contributed by atoms with Crippen molar-refractivity contribution in [2.24, 2.45) is 0 Å². The quantitative estimate of drug-likeness (QED) is 0.883. The summed E-state index contributed by atoms with van der Waals surface area (Å²) in [6.45, 7) is 3.09.